The lowest BCUT2D eigenvalue weighted by Gasteiger charge is -2.27. The Kier molecular flexibility index (Phi) is 5.71. The van der Waals surface area contributed by atoms with Crippen LogP contribution >= 0.6 is 0 Å². The average Bonchev–Trinajstić information content (AvgIpc) is 2.72. The van der Waals surface area contributed by atoms with E-state index in [2.05, 4.69) is 26.3 Å². The highest BCUT2D eigenvalue weighted by Gasteiger charge is 2.15. The van der Waals surface area contributed by atoms with Crippen molar-refractivity contribution in [3.05, 3.63) is 35.7 Å². The molecule has 0 saturated carbocycles. The highest BCUT2D eigenvalue weighted by Crippen LogP contribution is 2.24. The molecule has 0 amide bonds. The summed E-state index contributed by atoms with van der Waals surface area (Å²) in [6, 6.07) is 7.69. The molecule has 136 valence electrons. The fourth-order valence-electron chi connectivity index (χ4n) is 2.68. The molecular weight excluding hydrogens is 334 g/mol. The van der Waals surface area contributed by atoms with Crippen LogP contribution in [0.25, 0.3) is 0 Å². The Morgan fingerprint density at radius 2 is 1.88 bits per heavy atom. The third-order valence-corrected chi connectivity index (χ3v) is 4.07. The van der Waals surface area contributed by atoms with E-state index in [0.29, 0.717) is 37.1 Å². The summed E-state index contributed by atoms with van der Waals surface area (Å²) in [6.07, 6.45) is 1.63. The fourth-order valence-corrected chi connectivity index (χ4v) is 2.68. The van der Waals surface area contributed by atoms with Crippen molar-refractivity contribution in [3.8, 4) is 17.6 Å². The number of hydrogen-bond donors (Lipinski definition) is 1. The van der Waals surface area contributed by atoms with Crippen LogP contribution in [0.2, 0.25) is 0 Å². The maximum Gasteiger partial charge on any atom is 0.183 e. The van der Waals surface area contributed by atoms with Gasteiger partial charge in [-0.1, -0.05) is 0 Å². The molecule has 0 spiro atoms. The first-order valence-corrected chi connectivity index (χ1v) is 8.29. The summed E-state index contributed by atoms with van der Waals surface area (Å²) in [5, 5.41) is 12.5. The fraction of sp³-hybridized carbons (Fsp3) is 0.389. The zero-order valence-electron chi connectivity index (χ0n) is 14.9. The Morgan fingerprint density at radius 3 is 2.50 bits per heavy atom. The van der Waals surface area contributed by atoms with Gasteiger partial charge in [0, 0.05) is 25.7 Å². The number of hydrogen-bond acceptors (Lipinski definition) is 8. The van der Waals surface area contributed by atoms with Crippen LogP contribution < -0.4 is 19.7 Å². The Morgan fingerprint density at radius 1 is 1.19 bits per heavy atom. The maximum atomic E-state index is 9.32. The summed E-state index contributed by atoms with van der Waals surface area (Å²) in [4.78, 5) is 10.9. The summed E-state index contributed by atoms with van der Waals surface area (Å²) in [5.41, 5.74) is 1.21. The van der Waals surface area contributed by atoms with Crippen molar-refractivity contribution in [2.24, 2.45) is 0 Å². The topological polar surface area (TPSA) is 92.5 Å². The van der Waals surface area contributed by atoms with Crippen molar-refractivity contribution in [3.63, 3.8) is 0 Å². The van der Waals surface area contributed by atoms with E-state index >= 15 is 0 Å². The van der Waals surface area contributed by atoms with Gasteiger partial charge in [0.25, 0.3) is 0 Å². The van der Waals surface area contributed by atoms with E-state index in [0.717, 1.165) is 24.5 Å². The molecule has 1 aromatic heterocycles. The first kappa shape index (κ1) is 17.8. The predicted molar refractivity (Wildman–Crippen MR) is 96.7 cm³/mol. The van der Waals surface area contributed by atoms with Crippen LogP contribution in [0.5, 0.6) is 11.5 Å². The molecule has 3 rings (SSSR count). The van der Waals surface area contributed by atoms with E-state index in [1.807, 2.05) is 18.2 Å². The Labute approximate surface area is 152 Å². The zero-order chi connectivity index (χ0) is 18.4. The lowest BCUT2D eigenvalue weighted by molar-refractivity contribution is 0.122. The normalized spacial score (nSPS) is 13.8. The van der Waals surface area contributed by atoms with E-state index in [1.54, 1.807) is 20.4 Å². The summed E-state index contributed by atoms with van der Waals surface area (Å²) in [5.74, 6) is 2.60. The van der Waals surface area contributed by atoms with Crippen LogP contribution in [0.15, 0.2) is 24.4 Å². The van der Waals surface area contributed by atoms with Crippen molar-refractivity contribution in [2.45, 2.75) is 6.54 Å². The van der Waals surface area contributed by atoms with Gasteiger partial charge in [0.05, 0.1) is 33.6 Å². The Bertz CT molecular complexity index is 778. The van der Waals surface area contributed by atoms with Crippen LogP contribution in [0.4, 0.5) is 11.6 Å². The third-order valence-electron chi connectivity index (χ3n) is 4.07. The van der Waals surface area contributed by atoms with Crippen LogP contribution in [-0.2, 0) is 11.3 Å². The van der Waals surface area contributed by atoms with Gasteiger partial charge >= 0.3 is 0 Å². The number of nitriles is 1. The van der Waals surface area contributed by atoms with Gasteiger partial charge in [0.15, 0.2) is 11.5 Å². The minimum absolute atomic E-state index is 0.261. The van der Waals surface area contributed by atoms with Gasteiger partial charge in [0.1, 0.15) is 23.4 Å². The molecule has 2 heterocycles. The first-order valence-electron chi connectivity index (χ1n) is 8.29. The van der Waals surface area contributed by atoms with Gasteiger partial charge in [-0.05, 0) is 17.7 Å². The number of ether oxygens (including phenoxy) is 3. The Balaban J connectivity index is 1.79. The Hall–Kier alpha value is -3.05. The molecule has 8 nitrogen and oxygen atoms in total. The lowest BCUT2D eigenvalue weighted by Crippen LogP contribution is -2.37. The molecule has 0 unspecified atom stereocenters. The minimum atomic E-state index is 0.261. The van der Waals surface area contributed by atoms with Crippen LogP contribution in [-0.4, -0.2) is 50.5 Å². The molecule has 26 heavy (non-hydrogen) atoms. The molecular formula is C18H21N5O3. The van der Waals surface area contributed by atoms with Gasteiger partial charge in [0.2, 0.25) is 0 Å². The van der Waals surface area contributed by atoms with Crippen LogP contribution in [0.1, 0.15) is 11.3 Å². The molecule has 0 bridgehead atoms. The summed E-state index contributed by atoms with van der Waals surface area (Å²) in [7, 11) is 3.22. The summed E-state index contributed by atoms with van der Waals surface area (Å²) < 4.78 is 15.9. The van der Waals surface area contributed by atoms with E-state index in [-0.39, 0.29) is 5.69 Å². The molecule has 0 aliphatic carbocycles. The number of morpholine rings is 1. The highest BCUT2D eigenvalue weighted by molar-refractivity contribution is 5.53. The molecule has 1 aliphatic rings. The third kappa shape index (κ3) is 4.13. The molecule has 1 N–H and O–H groups in total. The zero-order valence-corrected chi connectivity index (χ0v) is 14.9. The maximum absolute atomic E-state index is 9.32. The van der Waals surface area contributed by atoms with Gasteiger partial charge in [-0.15, -0.1) is 0 Å². The number of nitrogens with one attached hydrogen (secondary N) is 1. The largest absolute Gasteiger partial charge is 0.497 e. The summed E-state index contributed by atoms with van der Waals surface area (Å²) in [6.45, 7) is 3.30. The standard InChI is InChI=1S/C18H21N5O3/c1-24-14-7-13(8-15(9-14)25-2)11-21-18-16(10-19)20-12-17(22-18)23-3-5-26-6-4-23/h7-9,12H,3-6,11H2,1-2H3,(H,21,22). The second-order valence-electron chi connectivity index (χ2n) is 5.71. The van der Waals surface area contributed by atoms with Crippen molar-refractivity contribution in [1.82, 2.24) is 9.97 Å². The molecule has 8 heteroatoms. The number of nitrogens with zero attached hydrogens (tertiary/aromatic N) is 4. The van der Waals surface area contributed by atoms with Crippen molar-refractivity contribution in [1.29, 1.82) is 5.26 Å². The van der Waals surface area contributed by atoms with Crippen molar-refractivity contribution >= 4 is 11.6 Å². The number of rotatable bonds is 6. The number of methoxy groups -OCH3 is 2. The monoisotopic (exact) mass is 355 g/mol. The molecule has 0 radical (unpaired) electrons. The SMILES string of the molecule is COc1cc(CNc2nc(N3CCOCC3)cnc2C#N)cc(OC)c1. The van der Waals surface area contributed by atoms with Gasteiger partial charge in [-0.25, -0.2) is 9.97 Å². The predicted octanol–water partition coefficient (Wildman–Crippen LogP) is 1.81. The minimum Gasteiger partial charge on any atom is -0.497 e. The second-order valence-corrected chi connectivity index (χ2v) is 5.71. The molecule has 1 saturated heterocycles. The molecule has 0 atom stereocenters. The number of aromatic nitrogens is 2. The summed E-state index contributed by atoms with van der Waals surface area (Å²) >= 11 is 0. The van der Waals surface area contributed by atoms with Gasteiger partial charge in [-0.3, -0.25) is 0 Å². The quantitative estimate of drug-likeness (QED) is 0.839. The van der Waals surface area contributed by atoms with Gasteiger partial charge < -0.3 is 24.4 Å². The highest BCUT2D eigenvalue weighted by atomic mass is 16.5. The van der Waals surface area contributed by atoms with Crippen molar-refractivity contribution in [2.75, 3.05) is 50.7 Å². The van der Waals surface area contributed by atoms with E-state index < -0.39 is 0 Å². The average molecular weight is 355 g/mol. The molecule has 1 fully saturated rings. The van der Waals surface area contributed by atoms with Gasteiger partial charge in [-0.2, -0.15) is 5.26 Å². The van der Waals surface area contributed by atoms with Crippen LogP contribution in [0.3, 0.4) is 0 Å². The van der Waals surface area contributed by atoms with E-state index in [1.165, 1.54) is 0 Å². The lowest BCUT2D eigenvalue weighted by atomic mass is 10.2. The molecule has 2 aromatic rings. The smallest absolute Gasteiger partial charge is 0.183 e. The molecule has 1 aliphatic heterocycles. The second kappa shape index (κ2) is 8.36. The molecule has 1 aromatic carbocycles. The van der Waals surface area contributed by atoms with Crippen molar-refractivity contribution < 1.29 is 14.2 Å². The van der Waals surface area contributed by atoms with E-state index in [9.17, 15) is 5.26 Å². The number of anilines is 2. The van der Waals surface area contributed by atoms with E-state index in [4.69, 9.17) is 14.2 Å². The first-order chi connectivity index (χ1) is 12.7. The van der Waals surface area contributed by atoms with Crippen LogP contribution in [0, 0.1) is 11.3 Å². The number of benzene rings is 1.